The van der Waals surface area contributed by atoms with Crippen molar-refractivity contribution in [3.63, 3.8) is 0 Å². The molecule has 5 aliphatic rings. The van der Waals surface area contributed by atoms with Crippen molar-refractivity contribution >= 4 is 38.9 Å². The van der Waals surface area contributed by atoms with Gasteiger partial charge in [0.05, 0.1) is 28.3 Å². The smallest absolute Gasteiger partial charge is 0.265 e. The number of nitrogens with zero attached hydrogens (tertiary/aromatic N) is 6. The Morgan fingerprint density at radius 2 is 1.18 bits per heavy atom. The van der Waals surface area contributed by atoms with Gasteiger partial charge in [0.2, 0.25) is 0 Å². The molecule has 0 atom stereocenters. The third kappa shape index (κ3) is 17.4. The summed E-state index contributed by atoms with van der Waals surface area (Å²) in [5, 5.41) is 1.37. The van der Waals surface area contributed by atoms with E-state index in [-0.39, 0.29) is 18.3 Å². The number of likely N-dealkylation sites (tertiary alicyclic amines) is 3. The fourth-order valence-electron chi connectivity index (χ4n) is 11.5. The van der Waals surface area contributed by atoms with E-state index in [0.29, 0.717) is 18.0 Å². The second kappa shape index (κ2) is 29.8. The average molecular weight is 995 g/mol. The highest BCUT2D eigenvalue weighted by Gasteiger charge is 2.27. The third-order valence-corrected chi connectivity index (χ3v) is 16.9. The number of piperidine rings is 3. The van der Waals surface area contributed by atoms with E-state index in [2.05, 4.69) is 94.1 Å². The van der Waals surface area contributed by atoms with E-state index < -0.39 is 0 Å². The number of amides is 1. The molecule has 3 fully saturated rings. The van der Waals surface area contributed by atoms with Crippen molar-refractivity contribution in [2.75, 3.05) is 102 Å². The molecule has 5 aliphatic heterocycles. The van der Waals surface area contributed by atoms with Gasteiger partial charge in [-0.15, -0.1) is 0 Å². The summed E-state index contributed by atoms with van der Waals surface area (Å²) in [4.78, 5) is 24.3. The van der Waals surface area contributed by atoms with E-state index in [0.717, 1.165) is 62.6 Å². The summed E-state index contributed by atoms with van der Waals surface area (Å²) >= 11 is 1.64. The minimum Gasteiger partial charge on any atom is -0.490 e. The molecule has 6 heterocycles. The number of halogens is 1. The van der Waals surface area contributed by atoms with E-state index in [9.17, 15) is 9.18 Å². The summed E-state index contributed by atoms with van der Waals surface area (Å²) in [6, 6.07) is 19.5. The van der Waals surface area contributed by atoms with Crippen LogP contribution in [0.2, 0.25) is 0 Å². The van der Waals surface area contributed by atoms with E-state index in [4.69, 9.17) is 9.47 Å². The van der Waals surface area contributed by atoms with Crippen LogP contribution in [0.4, 0.5) is 15.8 Å². The molecule has 0 N–H and O–H groups in total. The van der Waals surface area contributed by atoms with E-state index >= 15 is 0 Å². The van der Waals surface area contributed by atoms with Crippen molar-refractivity contribution in [1.82, 2.24) is 19.1 Å². The molecule has 9 rings (SSSR count). The molecule has 9 nitrogen and oxygen atoms in total. The number of carbonyl (C=O) groups is 1. The normalized spacial score (nSPS) is 18.5. The van der Waals surface area contributed by atoms with Crippen molar-refractivity contribution in [2.45, 2.75) is 150 Å². The van der Waals surface area contributed by atoms with Gasteiger partial charge in [0.1, 0.15) is 23.9 Å². The van der Waals surface area contributed by atoms with Crippen LogP contribution < -0.4 is 19.3 Å². The van der Waals surface area contributed by atoms with Gasteiger partial charge in [0.15, 0.2) is 6.61 Å². The maximum atomic E-state index is 13.3. The fraction of sp³-hybridized carbons (Fsp3) is 0.667. The van der Waals surface area contributed by atoms with Crippen LogP contribution in [-0.4, -0.2) is 117 Å². The molecule has 1 amide bonds. The minimum atomic E-state index is -0.334. The monoisotopic (exact) mass is 995 g/mol. The highest BCUT2D eigenvalue weighted by molar-refractivity contribution is 7.13. The molecule has 0 saturated carbocycles. The molecule has 0 radical (unpaired) electrons. The number of anilines is 2. The summed E-state index contributed by atoms with van der Waals surface area (Å²) in [6.45, 7) is 23.8. The predicted octanol–water partition coefficient (Wildman–Crippen LogP) is 13.5. The van der Waals surface area contributed by atoms with Crippen LogP contribution in [-0.2, 0) is 11.2 Å². The molecule has 11 heteroatoms. The van der Waals surface area contributed by atoms with Crippen LogP contribution in [0.5, 0.6) is 11.5 Å². The topological polar surface area (TPSA) is 64.6 Å². The Hall–Kier alpha value is -3.77. The zero-order valence-corrected chi connectivity index (χ0v) is 45.4. The van der Waals surface area contributed by atoms with Gasteiger partial charge < -0.3 is 34.0 Å². The largest absolute Gasteiger partial charge is 0.490 e. The van der Waals surface area contributed by atoms with Gasteiger partial charge >= 0.3 is 0 Å². The lowest BCUT2D eigenvalue weighted by molar-refractivity contribution is -0.121. The Labute approximate surface area is 433 Å². The Morgan fingerprint density at radius 1 is 0.606 bits per heavy atom. The molecule has 71 heavy (non-hydrogen) atoms. The first kappa shape index (κ1) is 55.0. The molecule has 1 aromatic heterocycles. The summed E-state index contributed by atoms with van der Waals surface area (Å²) in [5.74, 6) is 4.05. The standard InChI is InChI=1S/C21H34N2O.C20H29FN2O2.C19H28N2S/c1-3-4-6-19-9-13-22(14-10-19)11-5-12-23-15-16-24-21-8-7-18(2)17-20(21)23;1-2-3-5-16-8-12-22(13-9-16)10-4-11-23-18-7-6-17(21)14-19(18)25-15-20(23)24;1-2-3-7-16-11-14-21(15-12-16)13-6-9-18-17-8-4-5-10-19(17)22-20-18/h7-8,17,19H,3-6,9-16H2,1-2H3;6-7,14,16H,2-5,8-13,15H2,1H3;4-5,8,10,16H,2-3,6-7,9,11-15H2,1H3. The lowest BCUT2D eigenvalue weighted by atomic mass is 9.91. The first-order valence-corrected chi connectivity index (χ1v) is 29.3. The first-order chi connectivity index (χ1) is 34.8. The van der Waals surface area contributed by atoms with Gasteiger partial charge in [0.25, 0.3) is 5.91 Å². The van der Waals surface area contributed by atoms with E-state index in [1.807, 2.05) is 0 Å². The summed E-state index contributed by atoms with van der Waals surface area (Å²) in [5.41, 5.74) is 4.60. The first-order valence-electron chi connectivity index (χ1n) is 28.5. The number of rotatable bonds is 21. The minimum absolute atomic E-state index is 0.000718. The molecule has 0 aliphatic carbocycles. The molecular weight excluding hydrogens is 904 g/mol. The maximum Gasteiger partial charge on any atom is 0.265 e. The molecule has 0 unspecified atom stereocenters. The van der Waals surface area contributed by atoms with Gasteiger partial charge in [-0.25, -0.2) is 4.39 Å². The lowest BCUT2D eigenvalue weighted by Crippen LogP contribution is -2.41. The number of aromatic nitrogens is 1. The molecule has 0 spiro atoms. The van der Waals surface area contributed by atoms with Gasteiger partial charge in [-0.05, 0) is 195 Å². The summed E-state index contributed by atoms with van der Waals surface area (Å²) < 4.78 is 30.4. The second-order valence-electron chi connectivity index (χ2n) is 21.5. The summed E-state index contributed by atoms with van der Waals surface area (Å²) in [7, 11) is 0. The second-order valence-corrected chi connectivity index (χ2v) is 22.3. The highest BCUT2D eigenvalue weighted by Crippen LogP contribution is 2.34. The molecular formula is C60H91FN6O3S. The van der Waals surface area contributed by atoms with E-state index in [1.54, 1.807) is 22.5 Å². The number of benzene rings is 3. The molecule has 3 aromatic carbocycles. The van der Waals surface area contributed by atoms with Crippen LogP contribution in [0.1, 0.15) is 148 Å². The Morgan fingerprint density at radius 3 is 1.79 bits per heavy atom. The Bertz CT molecular complexity index is 2140. The van der Waals surface area contributed by atoms with Gasteiger partial charge in [-0.2, -0.15) is 4.37 Å². The van der Waals surface area contributed by atoms with Crippen molar-refractivity contribution in [3.8, 4) is 11.5 Å². The van der Waals surface area contributed by atoms with Crippen LogP contribution in [0.3, 0.4) is 0 Å². The average Bonchev–Trinajstić information content (AvgIpc) is 3.82. The lowest BCUT2D eigenvalue weighted by Gasteiger charge is -2.34. The number of ether oxygens (including phenoxy) is 2. The van der Waals surface area contributed by atoms with Crippen LogP contribution >= 0.6 is 11.5 Å². The van der Waals surface area contributed by atoms with Gasteiger partial charge in [-0.1, -0.05) is 103 Å². The van der Waals surface area contributed by atoms with Crippen LogP contribution in [0.15, 0.2) is 60.7 Å². The molecule has 4 aromatic rings. The number of aryl methyl sites for hydroxylation is 2. The van der Waals surface area contributed by atoms with Crippen molar-refractivity contribution in [1.29, 1.82) is 0 Å². The van der Waals surface area contributed by atoms with E-state index in [1.165, 1.54) is 201 Å². The fourth-order valence-corrected chi connectivity index (χ4v) is 12.4. The number of carbonyl (C=O) groups excluding carboxylic acids is 1. The SMILES string of the molecule is CCCCC1CCN(CCCN2C(=O)COc3cc(F)ccc32)CC1.CCCCC1CCN(CCCN2CCOc3ccc(C)cc32)CC1.CCCCC1CCN(CCCc2nsc3ccccc23)CC1. The van der Waals surface area contributed by atoms with Crippen molar-refractivity contribution in [3.05, 3.63) is 77.7 Å². The van der Waals surface area contributed by atoms with Crippen molar-refractivity contribution < 1.29 is 18.7 Å². The Balaban J connectivity index is 0.000000157. The number of fused-ring (bicyclic) bond motifs is 3. The maximum absolute atomic E-state index is 13.3. The number of hydrogen-bond donors (Lipinski definition) is 0. The van der Waals surface area contributed by atoms with Crippen molar-refractivity contribution in [2.24, 2.45) is 17.8 Å². The third-order valence-electron chi connectivity index (χ3n) is 16.1. The summed E-state index contributed by atoms with van der Waals surface area (Å²) in [6.07, 6.45) is 25.3. The van der Waals surface area contributed by atoms with Gasteiger partial charge in [0, 0.05) is 24.5 Å². The Kier molecular flexibility index (Phi) is 23.1. The molecule has 392 valence electrons. The van der Waals surface area contributed by atoms with Crippen LogP contribution in [0.25, 0.3) is 10.1 Å². The molecule has 3 saturated heterocycles. The number of unbranched alkanes of at least 4 members (excludes halogenated alkanes) is 3. The zero-order chi connectivity index (χ0) is 49.6. The predicted molar refractivity (Wildman–Crippen MR) is 296 cm³/mol. The van der Waals surface area contributed by atoms with Gasteiger partial charge in [-0.3, -0.25) is 4.79 Å². The number of hydrogen-bond acceptors (Lipinski definition) is 9. The zero-order valence-electron chi connectivity index (χ0n) is 44.5. The van der Waals surface area contributed by atoms with Crippen LogP contribution in [0, 0.1) is 30.5 Å². The quantitative estimate of drug-likeness (QED) is 0.0818. The highest BCUT2D eigenvalue weighted by atomic mass is 32.1. The molecule has 0 bridgehead atoms.